The van der Waals surface area contributed by atoms with Crippen LogP contribution in [0.1, 0.15) is 21.5 Å². The normalized spacial score (nSPS) is 10.9. The van der Waals surface area contributed by atoms with Crippen LogP contribution in [0.15, 0.2) is 59.8 Å². The van der Waals surface area contributed by atoms with E-state index in [4.69, 9.17) is 0 Å². The Bertz CT molecular complexity index is 1350. The number of amides is 1. The zero-order valence-electron chi connectivity index (χ0n) is 16.1. The standard InChI is InChI=1S/C20H16N6O4/c1-12-6-8-14(9-7-12)25-18-16(10-22-25)20(28)24(11-21-18)23-19(27)15-4-3-5-17(13(15)2)26(29)30/h3-11H,1-2H3,(H,23,27). The van der Waals surface area contributed by atoms with Gasteiger partial charge in [0.05, 0.1) is 22.4 Å². The van der Waals surface area contributed by atoms with Crippen LogP contribution in [0.4, 0.5) is 5.69 Å². The van der Waals surface area contributed by atoms with Crippen molar-refractivity contribution in [2.24, 2.45) is 0 Å². The van der Waals surface area contributed by atoms with Gasteiger partial charge in [-0.15, -0.1) is 0 Å². The molecule has 4 rings (SSSR count). The number of hydrogen-bond donors (Lipinski definition) is 1. The van der Waals surface area contributed by atoms with Crippen molar-refractivity contribution in [2.75, 3.05) is 5.43 Å². The molecule has 0 aliphatic heterocycles. The molecule has 0 aliphatic rings. The molecular weight excluding hydrogens is 388 g/mol. The Morgan fingerprint density at radius 1 is 1.13 bits per heavy atom. The Balaban J connectivity index is 1.70. The van der Waals surface area contributed by atoms with E-state index >= 15 is 0 Å². The average molecular weight is 404 g/mol. The lowest BCUT2D eigenvalue weighted by Gasteiger charge is -2.10. The number of carbonyl (C=O) groups is 1. The number of carbonyl (C=O) groups excluding carboxylic acids is 1. The van der Waals surface area contributed by atoms with Crippen molar-refractivity contribution < 1.29 is 9.72 Å². The zero-order valence-corrected chi connectivity index (χ0v) is 16.1. The van der Waals surface area contributed by atoms with Crippen molar-refractivity contribution in [1.29, 1.82) is 0 Å². The van der Waals surface area contributed by atoms with E-state index in [1.54, 1.807) is 0 Å². The number of aryl methyl sites for hydroxylation is 1. The fourth-order valence-electron chi connectivity index (χ4n) is 3.10. The van der Waals surface area contributed by atoms with Gasteiger partial charge in [0, 0.05) is 11.6 Å². The molecule has 1 amide bonds. The van der Waals surface area contributed by atoms with Crippen LogP contribution in [-0.2, 0) is 0 Å². The molecule has 0 unspecified atom stereocenters. The van der Waals surface area contributed by atoms with E-state index < -0.39 is 16.4 Å². The van der Waals surface area contributed by atoms with E-state index in [0.29, 0.717) is 5.65 Å². The summed E-state index contributed by atoms with van der Waals surface area (Å²) in [6.07, 6.45) is 2.56. The molecule has 0 bridgehead atoms. The lowest BCUT2D eigenvalue weighted by atomic mass is 10.1. The van der Waals surface area contributed by atoms with Crippen molar-refractivity contribution in [1.82, 2.24) is 19.4 Å². The summed E-state index contributed by atoms with van der Waals surface area (Å²) in [6, 6.07) is 11.7. The number of nitro benzene ring substituents is 1. The van der Waals surface area contributed by atoms with Crippen LogP contribution in [0, 0.1) is 24.0 Å². The number of benzene rings is 2. The largest absolute Gasteiger partial charge is 0.283 e. The van der Waals surface area contributed by atoms with Gasteiger partial charge >= 0.3 is 0 Å². The van der Waals surface area contributed by atoms with Gasteiger partial charge in [0.25, 0.3) is 17.2 Å². The predicted octanol–water partition coefficient (Wildman–Crippen LogP) is 2.49. The number of rotatable bonds is 4. The van der Waals surface area contributed by atoms with Crippen LogP contribution in [0.5, 0.6) is 0 Å². The summed E-state index contributed by atoms with van der Waals surface area (Å²) in [5.41, 5.74) is 4.20. The Kier molecular flexibility index (Phi) is 4.59. The van der Waals surface area contributed by atoms with Gasteiger partial charge in [0.15, 0.2) is 5.65 Å². The highest BCUT2D eigenvalue weighted by molar-refractivity contribution is 6.02. The minimum atomic E-state index is -0.662. The summed E-state index contributed by atoms with van der Waals surface area (Å²) in [4.78, 5) is 40.2. The highest BCUT2D eigenvalue weighted by atomic mass is 16.6. The molecule has 10 heteroatoms. The van der Waals surface area contributed by atoms with E-state index in [1.807, 2.05) is 31.2 Å². The lowest BCUT2D eigenvalue weighted by molar-refractivity contribution is -0.385. The molecule has 30 heavy (non-hydrogen) atoms. The first-order chi connectivity index (χ1) is 14.4. The molecule has 1 N–H and O–H groups in total. The molecule has 10 nitrogen and oxygen atoms in total. The van der Waals surface area contributed by atoms with E-state index in [0.717, 1.165) is 15.9 Å². The molecule has 150 valence electrons. The second kappa shape index (κ2) is 7.24. The second-order valence-electron chi connectivity index (χ2n) is 6.70. The minimum Gasteiger partial charge on any atom is -0.267 e. The molecule has 2 heterocycles. The molecule has 2 aromatic heterocycles. The first kappa shape index (κ1) is 19.0. The Morgan fingerprint density at radius 2 is 1.87 bits per heavy atom. The van der Waals surface area contributed by atoms with Crippen LogP contribution >= 0.6 is 0 Å². The van der Waals surface area contributed by atoms with Gasteiger partial charge in [-0.3, -0.25) is 25.1 Å². The number of nitrogens with zero attached hydrogens (tertiary/aromatic N) is 5. The molecule has 0 spiro atoms. The number of fused-ring (bicyclic) bond motifs is 1. The fourth-order valence-corrected chi connectivity index (χ4v) is 3.10. The van der Waals surface area contributed by atoms with Crippen LogP contribution in [0.25, 0.3) is 16.7 Å². The van der Waals surface area contributed by atoms with Crippen molar-refractivity contribution in [3.05, 3.63) is 92.1 Å². The van der Waals surface area contributed by atoms with Crippen molar-refractivity contribution in [2.45, 2.75) is 13.8 Å². The van der Waals surface area contributed by atoms with Crippen LogP contribution in [0.3, 0.4) is 0 Å². The van der Waals surface area contributed by atoms with Crippen LogP contribution < -0.4 is 11.0 Å². The van der Waals surface area contributed by atoms with E-state index in [2.05, 4.69) is 15.5 Å². The van der Waals surface area contributed by atoms with Gasteiger partial charge < -0.3 is 0 Å². The number of nitrogens with one attached hydrogen (secondary N) is 1. The molecule has 0 saturated heterocycles. The van der Waals surface area contributed by atoms with Crippen molar-refractivity contribution in [3.8, 4) is 5.69 Å². The molecule has 0 radical (unpaired) electrons. The quantitative estimate of drug-likeness (QED) is 0.411. The molecule has 0 aliphatic carbocycles. The Morgan fingerprint density at radius 3 is 2.57 bits per heavy atom. The minimum absolute atomic E-state index is 0.0894. The van der Waals surface area contributed by atoms with Crippen molar-refractivity contribution >= 4 is 22.6 Å². The maximum absolute atomic E-state index is 12.8. The molecule has 0 saturated carbocycles. The van der Waals surface area contributed by atoms with E-state index in [-0.39, 0.29) is 22.2 Å². The maximum atomic E-state index is 12.8. The summed E-state index contributed by atoms with van der Waals surface area (Å²) in [5.74, 6) is -0.662. The third-order valence-corrected chi connectivity index (χ3v) is 4.74. The molecule has 4 aromatic rings. The summed E-state index contributed by atoms with van der Waals surface area (Å²) in [6.45, 7) is 3.44. The first-order valence-electron chi connectivity index (χ1n) is 8.94. The van der Waals surface area contributed by atoms with Gasteiger partial charge in [-0.25, -0.2) is 14.3 Å². The van der Waals surface area contributed by atoms with Gasteiger partial charge in [-0.05, 0) is 32.0 Å². The molecule has 0 fully saturated rings. The third kappa shape index (κ3) is 3.20. The average Bonchev–Trinajstić information content (AvgIpc) is 3.15. The Hall–Kier alpha value is -4.34. The van der Waals surface area contributed by atoms with Crippen LogP contribution in [-0.4, -0.2) is 30.3 Å². The highest BCUT2D eigenvalue weighted by Crippen LogP contribution is 2.21. The Labute approximate surface area is 169 Å². The summed E-state index contributed by atoms with van der Waals surface area (Å²) in [7, 11) is 0. The second-order valence-corrected chi connectivity index (χ2v) is 6.70. The topological polar surface area (TPSA) is 125 Å². The van der Waals surface area contributed by atoms with Crippen LogP contribution in [0.2, 0.25) is 0 Å². The smallest absolute Gasteiger partial charge is 0.267 e. The maximum Gasteiger partial charge on any atom is 0.283 e. The summed E-state index contributed by atoms with van der Waals surface area (Å²) >= 11 is 0. The van der Waals surface area contributed by atoms with Gasteiger partial charge in [-0.2, -0.15) is 5.10 Å². The van der Waals surface area contributed by atoms with Gasteiger partial charge in [0.2, 0.25) is 0 Å². The van der Waals surface area contributed by atoms with E-state index in [1.165, 1.54) is 42.3 Å². The SMILES string of the molecule is Cc1ccc(-n2ncc3c(=O)n(NC(=O)c4cccc([N+](=O)[O-])c4C)cnc32)cc1. The van der Waals surface area contributed by atoms with Gasteiger partial charge in [0.1, 0.15) is 11.7 Å². The third-order valence-electron chi connectivity index (χ3n) is 4.74. The van der Waals surface area contributed by atoms with E-state index in [9.17, 15) is 19.7 Å². The summed E-state index contributed by atoms with van der Waals surface area (Å²) in [5, 5.41) is 15.5. The first-order valence-corrected chi connectivity index (χ1v) is 8.94. The zero-order chi connectivity index (χ0) is 21.4. The van der Waals surface area contributed by atoms with Gasteiger partial charge in [-0.1, -0.05) is 23.8 Å². The number of nitro groups is 1. The highest BCUT2D eigenvalue weighted by Gasteiger charge is 2.19. The fraction of sp³-hybridized carbons (Fsp3) is 0.100. The lowest BCUT2D eigenvalue weighted by Crippen LogP contribution is -2.33. The molecule has 0 atom stereocenters. The monoisotopic (exact) mass is 404 g/mol. The number of aromatic nitrogens is 4. The predicted molar refractivity (Wildman–Crippen MR) is 109 cm³/mol. The van der Waals surface area contributed by atoms with Crippen molar-refractivity contribution in [3.63, 3.8) is 0 Å². The molecule has 2 aromatic carbocycles. The molecular formula is C20H16N6O4. The summed E-state index contributed by atoms with van der Waals surface area (Å²) < 4.78 is 2.47. The number of hydrogen-bond acceptors (Lipinski definition) is 6.